The third-order valence-corrected chi connectivity index (χ3v) is 2.75. The summed E-state index contributed by atoms with van der Waals surface area (Å²) >= 11 is 5.68. The van der Waals surface area contributed by atoms with E-state index in [9.17, 15) is 23.3 Å². The summed E-state index contributed by atoms with van der Waals surface area (Å²) < 4.78 is 39.3. The van der Waals surface area contributed by atoms with E-state index < -0.39 is 33.7 Å². The molecule has 1 N–H and O–H groups in total. The Balaban J connectivity index is 2.48. The fourth-order valence-electron chi connectivity index (χ4n) is 1.57. The molecule has 2 aromatic carbocycles. The Bertz CT molecular complexity index is 695. The number of anilines is 2. The van der Waals surface area contributed by atoms with Crippen molar-refractivity contribution in [2.45, 2.75) is 0 Å². The fraction of sp³-hybridized carbons (Fsp3) is 0. The maximum absolute atomic E-state index is 13.5. The van der Waals surface area contributed by atoms with Gasteiger partial charge in [-0.1, -0.05) is 17.7 Å². The number of hydrogen-bond donors (Lipinski definition) is 1. The van der Waals surface area contributed by atoms with Crippen molar-refractivity contribution in [3.63, 3.8) is 0 Å². The number of nitrogens with zero attached hydrogens (tertiary/aromatic N) is 1. The minimum absolute atomic E-state index is 0.132. The molecule has 0 unspecified atom stereocenters. The maximum Gasteiger partial charge on any atom is 0.311 e. The average Bonchev–Trinajstić information content (AvgIpc) is 2.35. The molecule has 0 heterocycles. The smallest absolute Gasteiger partial charge is 0.311 e. The topological polar surface area (TPSA) is 55.2 Å². The molecule has 0 aliphatic heterocycles. The number of halogens is 4. The van der Waals surface area contributed by atoms with Gasteiger partial charge < -0.3 is 5.32 Å². The van der Waals surface area contributed by atoms with Crippen molar-refractivity contribution in [3.8, 4) is 0 Å². The summed E-state index contributed by atoms with van der Waals surface area (Å²) in [4.78, 5) is 10.1. The zero-order valence-corrected chi connectivity index (χ0v) is 10.4. The summed E-state index contributed by atoms with van der Waals surface area (Å²) in [7, 11) is 0. The van der Waals surface area contributed by atoms with Crippen LogP contribution in [-0.2, 0) is 0 Å². The average molecular weight is 303 g/mol. The number of nitro groups is 1. The molecule has 2 aromatic rings. The molecule has 0 aliphatic rings. The van der Waals surface area contributed by atoms with Crippen molar-refractivity contribution in [2.75, 3.05) is 5.32 Å². The molecule has 2 rings (SSSR count). The summed E-state index contributed by atoms with van der Waals surface area (Å²) in [6, 6.07) is 4.86. The Labute approximate surface area is 115 Å². The predicted molar refractivity (Wildman–Crippen MR) is 67.7 cm³/mol. The summed E-state index contributed by atoms with van der Waals surface area (Å²) in [5, 5.41) is 13.1. The van der Waals surface area contributed by atoms with Crippen LogP contribution in [0.2, 0.25) is 5.02 Å². The van der Waals surface area contributed by atoms with E-state index in [0.29, 0.717) is 12.1 Å². The highest BCUT2D eigenvalue weighted by Crippen LogP contribution is 2.35. The highest BCUT2D eigenvalue weighted by molar-refractivity contribution is 6.33. The van der Waals surface area contributed by atoms with Gasteiger partial charge in [0.2, 0.25) is 0 Å². The first-order chi connectivity index (χ1) is 9.40. The third kappa shape index (κ3) is 2.67. The van der Waals surface area contributed by atoms with Crippen LogP contribution in [-0.4, -0.2) is 4.92 Å². The van der Waals surface area contributed by atoms with Crippen molar-refractivity contribution >= 4 is 28.7 Å². The van der Waals surface area contributed by atoms with Crippen LogP contribution in [0.5, 0.6) is 0 Å². The maximum atomic E-state index is 13.5. The SMILES string of the molecule is O=[N+]([O-])c1c(Cl)cccc1Nc1cc(F)c(F)cc1F. The van der Waals surface area contributed by atoms with Crippen LogP contribution in [0.15, 0.2) is 30.3 Å². The molecule has 0 aromatic heterocycles. The number of nitrogens with one attached hydrogen (secondary N) is 1. The molecule has 4 nitrogen and oxygen atoms in total. The summed E-state index contributed by atoms with van der Waals surface area (Å²) in [6.45, 7) is 0. The van der Waals surface area contributed by atoms with Gasteiger partial charge >= 0.3 is 5.69 Å². The molecule has 0 saturated carbocycles. The minimum atomic E-state index is -1.35. The standard InChI is InChI=1S/C12H6ClF3N2O2/c13-6-2-1-3-10(12(6)18(19)20)17-11-5-8(15)7(14)4-9(11)16/h1-5,17H. The molecule has 8 heteroatoms. The lowest BCUT2D eigenvalue weighted by molar-refractivity contribution is -0.383. The van der Waals surface area contributed by atoms with Gasteiger partial charge in [0, 0.05) is 12.1 Å². The van der Waals surface area contributed by atoms with Crippen LogP contribution in [0.25, 0.3) is 0 Å². The number of hydrogen-bond acceptors (Lipinski definition) is 3. The molecular weight excluding hydrogens is 297 g/mol. The second-order valence-corrected chi connectivity index (χ2v) is 4.17. The molecule has 0 aliphatic carbocycles. The van der Waals surface area contributed by atoms with E-state index in [4.69, 9.17) is 11.6 Å². The first-order valence-electron chi connectivity index (χ1n) is 5.24. The van der Waals surface area contributed by atoms with Crippen molar-refractivity contribution in [1.29, 1.82) is 0 Å². The highest BCUT2D eigenvalue weighted by atomic mass is 35.5. The number of para-hydroxylation sites is 1. The van der Waals surface area contributed by atoms with Gasteiger partial charge in [-0.15, -0.1) is 0 Å². The molecule has 0 fully saturated rings. The lowest BCUT2D eigenvalue weighted by Crippen LogP contribution is -2.01. The molecule has 0 saturated heterocycles. The van der Waals surface area contributed by atoms with Gasteiger partial charge in [-0.2, -0.15) is 0 Å². The van der Waals surface area contributed by atoms with Crippen LogP contribution >= 0.6 is 11.6 Å². The van der Waals surface area contributed by atoms with E-state index in [2.05, 4.69) is 5.32 Å². The molecule has 20 heavy (non-hydrogen) atoms. The zero-order chi connectivity index (χ0) is 14.9. The molecule has 0 bridgehead atoms. The van der Waals surface area contributed by atoms with E-state index >= 15 is 0 Å². The first kappa shape index (κ1) is 14.1. The van der Waals surface area contributed by atoms with Crippen LogP contribution in [0.1, 0.15) is 0 Å². The monoisotopic (exact) mass is 302 g/mol. The second kappa shape index (κ2) is 5.38. The predicted octanol–water partition coefficient (Wildman–Crippen LogP) is 4.41. The van der Waals surface area contributed by atoms with Crippen LogP contribution in [0.3, 0.4) is 0 Å². The number of rotatable bonds is 3. The molecule has 0 amide bonds. The van der Waals surface area contributed by atoms with Gasteiger partial charge in [-0.25, -0.2) is 13.2 Å². The van der Waals surface area contributed by atoms with Crippen LogP contribution in [0.4, 0.5) is 30.2 Å². The van der Waals surface area contributed by atoms with E-state index in [0.717, 1.165) is 0 Å². The van der Waals surface area contributed by atoms with Crippen LogP contribution < -0.4 is 5.32 Å². The van der Waals surface area contributed by atoms with Crippen molar-refractivity contribution < 1.29 is 18.1 Å². The third-order valence-electron chi connectivity index (χ3n) is 2.45. The first-order valence-corrected chi connectivity index (χ1v) is 5.62. The Morgan fingerprint density at radius 3 is 2.35 bits per heavy atom. The Morgan fingerprint density at radius 1 is 1.05 bits per heavy atom. The lowest BCUT2D eigenvalue weighted by Gasteiger charge is -2.09. The van der Waals surface area contributed by atoms with Crippen molar-refractivity contribution in [2.24, 2.45) is 0 Å². The molecule has 0 atom stereocenters. The van der Waals surface area contributed by atoms with Gasteiger partial charge in [0.05, 0.1) is 10.6 Å². The summed E-state index contributed by atoms with van der Waals surface area (Å²) in [5.41, 5.74) is -1.06. The van der Waals surface area contributed by atoms with Gasteiger partial charge in [0.25, 0.3) is 0 Å². The van der Waals surface area contributed by atoms with E-state index in [1.165, 1.54) is 18.2 Å². The number of nitro benzene ring substituents is 1. The van der Waals surface area contributed by atoms with Gasteiger partial charge in [0.1, 0.15) is 16.5 Å². The second-order valence-electron chi connectivity index (χ2n) is 3.76. The van der Waals surface area contributed by atoms with Gasteiger partial charge in [-0.3, -0.25) is 10.1 Å². The van der Waals surface area contributed by atoms with E-state index in [1.54, 1.807) is 0 Å². The largest absolute Gasteiger partial charge is 0.347 e. The zero-order valence-electron chi connectivity index (χ0n) is 9.66. The minimum Gasteiger partial charge on any atom is -0.347 e. The van der Waals surface area contributed by atoms with Gasteiger partial charge in [0.15, 0.2) is 11.6 Å². The van der Waals surface area contributed by atoms with E-state index in [-0.39, 0.29) is 10.7 Å². The highest BCUT2D eigenvalue weighted by Gasteiger charge is 2.20. The van der Waals surface area contributed by atoms with Crippen molar-refractivity contribution in [3.05, 3.63) is 62.9 Å². The van der Waals surface area contributed by atoms with Gasteiger partial charge in [-0.05, 0) is 12.1 Å². The van der Waals surface area contributed by atoms with Crippen LogP contribution in [0, 0.1) is 27.6 Å². The summed E-state index contributed by atoms with van der Waals surface area (Å²) in [6.07, 6.45) is 0. The quantitative estimate of drug-likeness (QED) is 0.519. The number of benzene rings is 2. The Kier molecular flexibility index (Phi) is 3.80. The fourth-order valence-corrected chi connectivity index (χ4v) is 1.81. The lowest BCUT2D eigenvalue weighted by atomic mass is 10.2. The van der Waals surface area contributed by atoms with E-state index in [1.807, 2.05) is 0 Å². The normalized spacial score (nSPS) is 10.4. The molecule has 0 radical (unpaired) electrons. The Morgan fingerprint density at radius 2 is 1.70 bits per heavy atom. The molecule has 0 spiro atoms. The Hall–Kier alpha value is -2.28. The van der Waals surface area contributed by atoms with Crippen molar-refractivity contribution in [1.82, 2.24) is 0 Å². The molecule has 104 valence electrons. The molecular formula is C12H6ClF3N2O2. The summed E-state index contributed by atoms with van der Waals surface area (Å²) in [5.74, 6) is -3.72.